The number of anilines is 2. The number of imide groups is 1. The Hall–Kier alpha value is -3.90. The minimum atomic E-state index is -0.882. The normalized spacial score (nSPS) is 16.3. The summed E-state index contributed by atoms with van der Waals surface area (Å²) in [5, 5.41) is 10.3. The van der Waals surface area contributed by atoms with Crippen LogP contribution in [0.4, 0.5) is 17.1 Å². The van der Waals surface area contributed by atoms with E-state index >= 15 is 0 Å². The van der Waals surface area contributed by atoms with Crippen molar-refractivity contribution < 1.29 is 33.6 Å². The van der Waals surface area contributed by atoms with Gasteiger partial charge in [0.1, 0.15) is 11.5 Å². The molecule has 0 aliphatic carbocycles. The van der Waals surface area contributed by atoms with E-state index < -0.39 is 34.5 Å². The summed E-state index contributed by atoms with van der Waals surface area (Å²) in [5.41, 5.74) is -0.305. The van der Waals surface area contributed by atoms with Gasteiger partial charge in [-0.3, -0.25) is 29.3 Å². The van der Waals surface area contributed by atoms with Crippen molar-refractivity contribution in [1.82, 2.24) is 0 Å². The molecule has 210 valence electrons. The van der Waals surface area contributed by atoms with Gasteiger partial charge in [0.25, 0.3) is 17.5 Å². The van der Waals surface area contributed by atoms with E-state index in [2.05, 4.69) is 0 Å². The molecule has 2 heterocycles. The van der Waals surface area contributed by atoms with Crippen molar-refractivity contribution in [2.75, 3.05) is 23.5 Å². The molecule has 0 bridgehead atoms. The quantitative estimate of drug-likeness (QED) is 0.0612. The third kappa shape index (κ3) is 4.84. The fourth-order valence-corrected chi connectivity index (χ4v) is 5.58. The second-order valence-electron chi connectivity index (χ2n) is 8.89. The summed E-state index contributed by atoms with van der Waals surface area (Å²) in [6, 6.07) is 9.39. The molecule has 41 heavy (non-hydrogen) atoms. The molecule has 3 aromatic rings. The topological polar surface area (TPSA) is 136 Å². The van der Waals surface area contributed by atoms with Crippen LogP contribution in [0.25, 0.3) is 0 Å². The molecular weight excluding hydrogens is 624 g/mol. The average Bonchev–Trinajstić information content (AvgIpc) is 3.46. The SMILES string of the molecule is COc1cc([N+](=O)[O-])ccc1N1C[C@H](C(=O)Oc2cccc(N3C(=O)c4c(Cl)c(Cl)c(Cl)c(Cl)c4C3=O)c2)CC1=O. The molecule has 2 aliphatic heterocycles. The minimum absolute atomic E-state index is 0.00358. The molecule has 1 atom stereocenters. The van der Waals surface area contributed by atoms with Crippen LogP contribution in [0.1, 0.15) is 27.1 Å². The summed E-state index contributed by atoms with van der Waals surface area (Å²) in [5.74, 6) is -3.54. The number of hydrogen-bond acceptors (Lipinski definition) is 8. The zero-order chi connectivity index (χ0) is 29.7. The van der Waals surface area contributed by atoms with E-state index in [-0.39, 0.29) is 72.7 Å². The number of nitro benzene ring substituents is 1. The molecule has 2 aliphatic rings. The van der Waals surface area contributed by atoms with Gasteiger partial charge < -0.3 is 14.4 Å². The third-order valence-electron chi connectivity index (χ3n) is 6.52. The molecule has 0 aromatic heterocycles. The van der Waals surface area contributed by atoms with Crippen LogP contribution in [0.2, 0.25) is 20.1 Å². The van der Waals surface area contributed by atoms with Crippen LogP contribution in [0.5, 0.6) is 11.5 Å². The smallest absolute Gasteiger partial charge is 0.316 e. The average molecular weight is 639 g/mol. The number of carbonyl (C=O) groups is 4. The molecule has 5 rings (SSSR count). The van der Waals surface area contributed by atoms with E-state index in [0.717, 1.165) is 4.90 Å². The van der Waals surface area contributed by atoms with Crippen molar-refractivity contribution in [1.29, 1.82) is 0 Å². The number of nitrogens with zero attached hydrogens (tertiary/aromatic N) is 3. The first kappa shape index (κ1) is 28.6. The Bertz CT molecular complexity index is 1650. The van der Waals surface area contributed by atoms with Crippen molar-refractivity contribution in [3.8, 4) is 11.5 Å². The van der Waals surface area contributed by atoms with E-state index in [4.69, 9.17) is 55.9 Å². The number of ether oxygens (including phenoxy) is 2. The Morgan fingerprint density at radius 3 is 2.17 bits per heavy atom. The molecule has 3 amide bonds. The molecule has 0 spiro atoms. The fourth-order valence-electron chi connectivity index (χ4n) is 4.57. The highest BCUT2D eigenvalue weighted by atomic mass is 35.5. The zero-order valence-corrected chi connectivity index (χ0v) is 23.7. The van der Waals surface area contributed by atoms with Gasteiger partial charge in [0.15, 0.2) is 0 Å². The number of methoxy groups -OCH3 is 1. The summed E-state index contributed by atoms with van der Waals surface area (Å²) in [6.45, 7) is -0.0670. The first-order valence-corrected chi connectivity index (χ1v) is 13.1. The predicted octanol–water partition coefficient (Wildman–Crippen LogP) is 5.98. The second kappa shape index (κ2) is 10.8. The fraction of sp³-hybridized carbons (Fsp3) is 0.154. The lowest BCUT2D eigenvalue weighted by atomic mass is 10.1. The summed E-state index contributed by atoms with van der Waals surface area (Å²) in [4.78, 5) is 64.7. The lowest BCUT2D eigenvalue weighted by Gasteiger charge is -2.19. The van der Waals surface area contributed by atoms with E-state index in [1.807, 2.05) is 0 Å². The maximum absolute atomic E-state index is 13.2. The Morgan fingerprint density at radius 1 is 0.951 bits per heavy atom. The monoisotopic (exact) mass is 637 g/mol. The first-order chi connectivity index (χ1) is 19.4. The van der Waals surface area contributed by atoms with Crippen LogP contribution in [-0.2, 0) is 9.59 Å². The lowest BCUT2D eigenvalue weighted by molar-refractivity contribution is -0.384. The van der Waals surface area contributed by atoms with Gasteiger partial charge in [-0.15, -0.1) is 0 Å². The summed E-state index contributed by atoms with van der Waals surface area (Å²) in [7, 11) is 1.31. The Labute approximate surface area is 251 Å². The minimum Gasteiger partial charge on any atom is -0.494 e. The van der Waals surface area contributed by atoms with E-state index in [1.54, 1.807) is 0 Å². The number of nitro groups is 1. The van der Waals surface area contributed by atoms with Crippen LogP contribution >= 0.6 is 46.4 Å². The predicted molar refractivity (Wildman–Crippen MR) is 150 cm³/mol. The number of non-ortho nitro benzene ring substituents is 1. The van der Waals surface area contributed by atoms with E-state index in [0.29, 0.717) is 0 Å². The molecule has 11 nitrogen and oxygen atoms in total. The second-order valence-corrected chi connectivity index (χ2v) is 10.4. The number of carbonyl (C=O) groups excluding carboxylic acids is 4. The van der Waals surface area contributed by atoms with Gasteiger partial charge in [0, 0.05) is 25.1 Å². The standard InChI is InChI=1S/C26H15Cl4N3O8/c1-40-16-9-13(33(38)39)5-6-15(16)31-10-11(7-17(31)34)26(37)41-14-4-2-3-12(8-14)32-24(35)18-19(25(32)36)21(28)23(30)22(29)20(18)27/h2-6,8-9,11H,7,10H2,1H3/t11-/m1/s1. The number of benzene rings is 3. The van der Waals surface area contributed by atoms with Crippen molar-refractivity contribution in [2.45, 2.75) is 6.42 Å². The van der Waals surface area contributed by atoms with Gasteiger partial charge in [0.05, 0.1) is 66.6 Å². The van der Waals surface area contributed by atoms with Crippen LogP contribution in [0, 0.1) is 16.0 Å². The highest BCUT2D eigenvalue weighted by Crippen LogP contribution is 2.46. The molecular formula is C26H15Cl4N3O8. The number of rotatable bonds is 6. The Morgan fingerprint density at radius 2 is 1.59 bits per heavy atom. The molecule has 0 radical (unpaired) electrons. The van der Waals surface area contributed by atoms with Crippen molar-refractivity contribution in [3.63, 3.8) is 0 Å². The molecule has 0 saturated carbocycles. The maximum atomic E-state index is 13.2. The van der Waals surface area contributed by atoms with Crippen LogP contribution < -0.4 is 19.3 Å². The summed E-state index contributed by atoms with van der Waals surface area (Å²) >= 11 is 24.5. The first-order valence-electron chi connectivity index (χ1n) is 11.6. The Kier molecular flexibility index (Phi) is 7.56. The number of esters is 1. The number of hydrogen-bond donors (Lipinski definition) is 0. The Balaban J connectivity index is 1.35. The maximum Gasteiger partial charge on any atom is 0.316 e. The molecule has 1 saturated heterocycles. The van der Waals surface area contributed by atoms with Gasteiger partial charge in [-0.2, -0.15) is 0 Å². The molecule has 0 N–H and O–H groups in total. The number of fused-ring (bicyclic) bond motifs is 1. The lowest BCUT2D eigenvalue weighted by Crippen LogP contribution is -2.29. The third-order valence-corrected chi connectivity index (χ3v) is 8.32. The van der Waals surface area contributed by atoms with Crippen molar-refractivity contribution in [2.24, 2.45) is 5.92 Å². The van der Waals surface area contributed by atoms with Crippen LogP contribution in [0.15, 0.2) is 42.5 Å². The van der Waals surface area contributed by atoms with Gasteiger partial charge in [0.2, 0.25) is 5.91 Å². The van der Waals surface area contributed by atoms with Gasteiger partial charge in [-0.1, -0.05) is 52.5 Å². The summed E-state index contributed by atoms with van der Waals surface area (Å²) in [6.07, 6.45) is -0.185. The summed E-state index contributed by atoms with van der Waals surface area (Å²) < 4.78 is 10.7. The van der Waals surface area contributed by atoms with Gasteiger partial charge in [-0.05, 0) is 18.2 Å². The highest BCUT2D eigenvalue weighted by molar-refractivity contribution is 6.56. The molecule has 0 unspecified atom stereocenters. The molecule has 1 fully saturated rings. The van der Waals surface area contributed by atoms with Crippen molar-refractivity contribution >= 4 is 87.2 Å². The van der Waals surface area contributed by atoms with E-state index in [9.17, 15) is 29.3 Å². The van der Waals surface area contributed by atoms with Gasteiger partial charge in [-0.25, -0.2) is 4.90 Å². The van der Waals surface area contributed by atoms with Gasteiger partial charge >= 0.3 is 5.97 Å². The van der Waals surface area contributed by atoms with Crippen LogP contribution in [-0.4, -0.2) is 42.3 Å². The van der Waals surface area contributed by atoms with E-state index in [1.165, 1.54) is 54.5 Å². The zero-order valence-electron chi connectivity index (χ0n) is 20.7. The number of halogens is 4. The largest absolute Gasteiger partial charge is 0.494 e. The number of amides is 3. The molecule has 3 aromatic carbocycles. The van der Waals surface area contributed by atoms with Crippen LogP contribution in [0.3, 0.4) is 0 Å². The van der Waals surface area contributed by atoms with Crippen molar-refractivity contribution in [3.05, 3.63) is 83.8 Å². The highest BCUT2D eigenvalue weighted by Gasteiger charge is 2.43. The molecule has 15 heteroatoms.